The Morgan fingerprint density at radius 3 is 2.53 bits per heavy atom. The summed E-state index contributed by atoms with van der Waals surface area (Å²) in [6.07, 6.45) is -1.06. The summed E-state index contributed by atoms with van der Waals surface area (Å²) in [6.45, 7) is 1.53. The van der Waals surface area contributed by atoms with Crippen molar-refractivity contribution in [3.8, 4) is 5.75 Å². The van der Waals surface area contributed by atoms with E-state index >= 15 is 0 Å². The number of hydrogen-bond acceptors (Lipinski definition) is 2. The molecule has 0 amide bonds. The maximum Gasteiger partial charge on any atom is 0.129 e. The fraction of sp³-hybridized carbons (Fsp3) is 0.200. The number of ether oxygens (including phenoxy) is 1. The van der Waals surface area contributed by atoms with Crippen LogP contribution in [0.25, 0.3) is 0 Å². The molecule has 4 heteroatoms. The van der Waals surface area contributed by atoms with Crippen LogP contribution < -0.4 is 4.74 Å². The van der Waals surface area contributed by atoms with E-state index in [0.717, 1.165) is 0 Å². The van der Waals surface area contributed by atoms with Gasteiger partial charge in [0.2, 0.25) is 0 Å². The van der Waals surface area contributed by atoms with Crippen LogP contribution in [-0.2, 0) is 0 Å². The Morgan fingerprint density at radius 2 is 1.84 bits per heavy atom. The van der Waals surface area contributed by atoms with E-state index in [2.05, 4.69) is 0 Å². The van der Waals surface area contributed by atoms with Crippen LogP contribution in [0.15, 0.2) is 42.5 Å². The molecule has 19 heavy (non-hydrogen) atoms. The summed E-state index contributed by atoms with van der Waals surface area (Å²) < 4.78 is 31.8. The van der Waals surface area contributed by atoms with Crippen molar-refractivity contribution in [1.29, 1.82) is 0 Å². The molecule has 1 unspecified atom stereocenters. The normalized spacial score (nSPS) is 12.2. The molecule has 2 rings (SSSR count). The zero-order chi connectivity index (χ0) is 13.8. The third-order valence-corrected chi connectivity index (χ3v) is 2.80. The number of halogens is 2. The third-order valence-electron chi connectivity index (χ3n) is 2.80. The van der Waals surface area contributed by atoms with E-state index in [1.165, 1.54) is 30.3 Å². The summed E-state index contributed by atoms with van der Waals surface area (Å²) in [4.78, 5) is 0. The lowest BCUT2D eigenvalue weighted by Gasteiger charge is -2.13. The van der Waals surface area contributed by atoms with Crippen molar-refractivity contribution < 1.29 is 18.6 Å². The first-order valence-corrected chi connectivity index (χ1v) is 5.89. The lowest BCUT2D eigenvalue weighted by Crippen LogP contribution is -2.11. The number of benzene rings is 2. The second-order valence-corrected chi connectivity index (χ2v) is 4.26. The maximum atomic E-state index is 13.4. The van der Waals surface area contributed by atoms with Crippen LogP contribution in [0.1, 0.15) is 17.2 Å². The van der Waals surface area contributed by atoms with Crippen molar-refractivity contribution in [1.82, 2.24) is 0 Å². The monoisotopic (exact) mass is 264 g/mol. The molecular formula is C15H14F2O2. The van der Waals surface area contributed by atoms with Gasteiger partial charge >= 0.3 is 0 Å². The Balaban J connectivity index is 2.02. The number of hydrogen-bond donors (Lipinski definition) is 1. The summed E-state index contributed by atoms with van der Waals surface area (Å²) in [6, 6.07) is 10.3. The fourth-order valence-electron chi connectivity index (χ4n) is 1.72. The molecule has 2 aromatic carbocycles. The highest BCUT2D eigenvalue weighted by molar-refractivity contribution is 5.29. The van der Waals surface area contributed by atoms with Gasteiger partial charge in [-0.05, 0) is 36.8 Å². The third kappa shape index (κ3) is 3.29. The minimum absolute atomic E-state index is 0.0913. The molecule has 0 heterocycles. The van der Waals surface area contributed by atoms with Crippen LogP contribution in [0.3, 0.4) is 0 Å². The van der Waals surface area contributed by atoms with Crippen LogP contribution in [-0.4, -0.2) is 11.7 Å². The van der Waals surface area contributed by atoms with E-state index in [1.807, 2.05) is 0 Å². The van der Waals surface area contributed by atoms with E-state index in [-0.39, 0.29) is 18.0 Å². The van der Waals surface area contributed by atoms with Gasteiger partial charge in [0.05, 0.1) is 0 Å². The molecule has 0 saturated heterocycles. The predicted molar refractivity (Wildman–Crippen MR) is 68.0 cm³/mol. The number of aliphatic hydroxyl groups is 1. The summed E-state index contributed by atoms with van der Waals surface area (Å²) >= 11 is 0. The average Bonchev–Trinajstić information content (AvgIpc) is 2.40. The minimum atomic E-state index is -1.06. The van der Waals surface area contributed by atoms with Crippen LogP contribution in [0.2, 0.25) is 0 Å². The van der Waals surface area contributed by atoms with Gasteiger partial charge in [0.1, 0.15) is 30.1 Å². The summed E-state index contributed by atoms with van der Waals surface area (Å²) in [7, 11) is 0. The van der Waals surface area contributed by atoms with Gasteiger partial charge in [0, 0.05) is 5.56 Å². The van der Waals surface area contributed by atoms with Crippen molar-refractivity contribution in [2.75, 3.05) is 6.61 Å². The molecule has 100 valence electrons. The molecule has 0 aliphatic heterocycles. The molecule has 0 spiro atoms. The first-order valence-electron chi connectivity index (χ1n) is 5.89. The van der Waals surface area contributed by atoms with Gasteiger partial charge < -0.3 is 9.84 Å². The molecule has 0 saturated carbocycles. The van der Waals surface area contributed by atoms with E-state index in [1.54, 1.807) is 19.1 Å². The van der Waals surface area contributed by atoms with Gasteiger partial charge in [-0.1, -0.05) is 18.2 Å². The minimum Gasteiger partial charge on any atom is -0.491 e. The van der Waals surface area contributed by atoms with E-state index in [0.29, 0.717) is 11.3 Å². The van der Waals surface area contributed by atoms with Gasteiger partial charge in [-0.25, -0.2) is 8.78 Å². The molecule has 0 aliphatic rings. The predicted octanol–water partition coefficient (Wildman–Crippen LogP) is 3.39. The second kappa shape index (κ2) is 5.80. The molecule has 2 aromatic rings. The Hall–Kier alpha value is -1.94. The molecule has 0 radical (unpaired) electrons. The Morgan fingerprint density at radius 1 is 1.11 bits per heavy atom. The van der Waals surface area contributed by atoms with E-state index in [9.17, 15) is 13.9 Å². The lowest BCUT2D eigenvalue weighted by molar-refractivity contribution is 0.105. The van der Waals surface area contributed by atoms with Gasteiger partial charge in [-0.15, -0.1) is 0 Å². The molecule has 0 fully saturated rings. The van der Waals surface area contributed by atoms with Crippen LogP contribution in [0, 0.1) is 18.6 Å². The zero-order valence-electron chi connectivity index (χ0n) is 10.4. The first kappa shape index (κ1) is 13.5. The molecule has 0 aromatic heterocycles. The molecule has 1 atom stereocenters. The van der Waals surface area contributed by atoms with Crippen LogP contribution >= 0.6 is 0 Å². The molecule has 2 nitrogen and oxygen atoms in total. The highest BCUT2D eigenvalue weighted by Crippen LogP contribution is 2.20. The van der Waals surface area contributed by atoms with Crippen molar-refractivity contribution in [2.24, 2.45) is 0 Å². The zero-order valence-corrected chi connectivity index (χ0v) is 10.4. The molecular weight excluding hydrogens is 250 g/mol. The van der Waals surface area contributed by atoms with Crippen molar-refractivity contribution >= 4 is 0 Å². The topological polar surface area (TPSA) is 29.5 Å². The molecule has 0 bridgehead atoms. The molecule has 1 N–H and O–H groups in total. The smallest absolute Gasteiger partial charge is 0.129 e. The quantitative estimate of drug-likeness (QED) is 0.917. The van der Waals surface area contributed by atoms with Crippen molar-refractivity contribution in [2.45, 2.75) is 13.0 Å². The Bertz CT molecular complexity index is 570. The van der Waals surface area contributed by atoms with Crippen LogP contribution in [0.4, 0.5) is 8.78 Å². The SMILES string of the molecule is Cc1cc(OCC(O)c2ccccc2F)ccc1F. The lowest BCUT2D eigenvalue weighted by atomic mass is 10.1. The summed E-state index contributed by atoms with van der Waals surface area (Å²) in [5, 5.41) is 9.85. The summed E-state index contributed by atoms with van der Waals surface area (Å²) in [5.41, 5.74) is 0.638. The number of rotatable bonds is 4. The van der Waals surface area contributed by atoms with E-state index < -0.39 is 11.9 Å². The highest BCUT2D eigenvalue weighted by Gasteiger charge is 2.13. The average molecular weight is 264 g/mol. The largest absolute Gasteiger partial charge is 0.491 e. The number of aliphatic hydroxyl groups excluding tert-OH is 1. The summed E-state index contributed by atoms with van der Waals surface area (Å²) in [5.74, 6) is -0.356. The molecule has 0 aliphatic carbocycles. The van der Waals surface area contributed by atoms with E-state index in [4.69, 9.17) is 4.74 Å². The van der Waals surface area contributed by atoms with Gasteiger partial charge in [-0.2, -0.15) is 0 Å². The van der Waals surface area contributed by atoms with Crippen molar-refractivity contribution in [3.05, 3.63) is 65.2 Å². The first-order chi connectivity index (χ1) is 9.08. The van der Waals surface area contributed by atoms with Crippen LogP contribution in [0.5, 0.6) is 5.75 Å². The van der Waals surface area contributed by atoms with Gasteiger partial charge in [-0.3, -0.25) is 0 Å². The maximum absolute atomic E-state index is 13.4. The number of aryl methyl sites for hydroxylation is 1. The highest BCUT2D eigenvalue weighted by atomic mass is 19.1. The Labute approximate surface area is 110 Å². The Kier molecular flexibility index (Phi) is 4.12. The second-order valence-electron chi connectivity index (χ2n) is 4.26. The fourth-order valence-corrected chi connectivity index (χ4v) is 1.72. The van der Waals surface area contributed by atoms with Crippen molar-refractivity contribution in [3.63, 3.8) is 0 Å². The van der Waals surface area contributed by atoms with Gasteiger partial charge in [0.15, 0.2) is 0 Å². The van der Waals surface area contributed by atoms with Gasteiger partial charge in [0.25, 0.3) is 0 Å². The standard InChI is InChI=1S/C15H14F2O2/c1-10-8-11(6-7-13(10)16)19-9-15(18)12-4-2-3-5-14(12)17/h2-8,15,18H,9H2,1H3.